The lowest BCUT2D eigenvalue weighted by Gasteiger charge is -2.28. The predicted octanol–water partition coefficient (Wildman–Crippen LogP) is 3.57. The molecule has 21 heavy (non-hydrogen) atoms. The molecule has 1 amide bonds. The van der Waals surface area contributed by atoms with E-state index in [0.717, 1.165) is 30.3 Å². The van der Waals surface area contributed by atoms with Crippen molar-refractivity contribution in [3.8, 4) is 0 Å². The number of benzene rings is 1. The number of rotatable bonds is 1. The molecule has 1 aliphatic rings. The molecule has 0 saturated carbocycles. The lowest BCUT2D eigenvalue weighted by atomic mass is 10.2. The van der Waals surface area contributed by atoms with Crippen LogP contribution in [-0.4, -0.2) is 32.9 Å². The molecule has 0 N–H and O–H groups in total. The van der Waals surface area contributed by atoms with Crippen LogP contribution in [0.2, 0.25) is 0 Å². The van der Waals surface area contributed by atoms with E-state index in [1.165, 1.54) is 0 Å². The van der Waals surface area contributed by atoms with Crippen molar-refractivity contribution in [3.63, 3.8) is 0 Å². The lowest BCUT2D eigenvalue weighted by Crippen LogP contribution is -2.38. The molecular weight excluding hydrogens is 266 g/mol. The van der Waals surface area contributed by atoms with Crippen LogP contribution in [0.1, 0.15) is 39.8 Å². The van der Waals surface area contributed by atoms with Gasteiger partial charge in [0.1, 0.15) is 11.8 Å². The van der Waals surface area contributed by atoms with Gasteiger partial charge in [0, 0.05) is 18.1 Å². The van der Waals surface area contributed by atoms with Gasteiger partial charge in [-0.05, 0) is 39.7 Å². The number of nitrogens with zero attached hydrogens (tertiary/aromatic N) is 3. The first kappa shape index (κ1) is 13.9. The fraction of sp³-hybridized carbons (Fsp3) is 0.500. The van der Waals surface area contributed by atoms with E-state index in [0.29, 0.717) is 0 Å². The Kier molecular flexibility index (Phi) is 3.35. The van der Waals surface area contributed by atoms with Gasteiger partial charge in [0.05, 0.1) is 5.52 Å². The van der Waals surface area contributed by atoms with Crippen molar-refractivity contribution >= 4 is 17.0 Å². The highest BCUT2D eigenvalue weighted by Gasteiger charge is 2.33. The van der Waals surface area contributed by atoms with Crippen molar-refractivity contribution in [1.29, 1.82) is 0 Å². The minimum Gasteiger partial charge on any atom is -0.444 e. The average molecular weight is 287 g/mol. The Hall–Kier alpha value is -2.04. The summed E-state index contributed by atoms with van der Waals surface area (Å²) in [6.45, 7) is 6.38. The van der Waals surface area contributed by atoms with Gasteiger partial charge in [-0.25, -0.2) is 9.48 Å². The van der Waals surface area contributed by atoms with Gasteiger partial charge < -0.3 is 4.74 Å². The van der Waals surface area contributed by atoms with Gasteiger partial charge in [-0.15, -0.1) is 0 Å². The second-order valence-corrected chi connectivity index (χ2v) is 6.46. The van der Waals surface area contributed by atoms with Crippen molar-refractivity contribution in [3.05, 3.63) is 30.5 Å². The fourth-order valence-corrected chi connectivity index (χ4v) is 2.69. The monoisotopic (exact) mass is 287 g/mol. The molecule has 2 aromatic rings. The SMILES string of the molecule is CC(C)(C)OC(=O)N1CCCC1n1cc2ccccc2n1. The number of carbonyl (C=O) groups excluding carboxylic acids is 1. The second-order valence-electron chi connectivity index (χ2n) is 6.46. The Balaban J connectivity index is 1.85. The Bertz CT molecular complexity index is 624. The van der Waals surface area contributed by atoms with Crippen LogP contribution >= 0.6 is 0 Å². The average Bonchev–Trinajstić information content (AvgIpc) is 3.02. The quantitative estimate of drug-likeness (QED) is 0.805. The zero-order chi connectivity index (χ0) is 15.0. The van der Waals surface area contributed by atoms with Gasteiger partial charge in [-0.1, -0.05) is 18.2 Å². The third-order valence-electron chi connectivity index (χ3n) is 3.59. The summed E-state index contributed by atoms with van der Waals surface area (Å²) in [6, 6.07) is 7.98. The Morgan fingerprint density at radius 1 is 1.33 bits per heavy atom. The normalized spacial score (nSPS) is 19.2. The highest BCUT2D eigenvalue weighted by atomic mass is 16.6. The summed E-state index contributed by atoms with van der Waals surface area (Å²) in [4.78, 5) is 14.1. The molecule has 2 heterocycles. The summed E-state index contributed by atoms with van der Waals surface area (Å²) in [5, 5.41) is 5.68. The van der Waals surface area contributed by atoms with Crippen LogP contribution in [0.5, 0.6) is 0 Å². The van der Waals surface area contributed by atoms with Crippen LogP contribution in [0.3, 0.4) is 0 Å². The molecule has 1 unspecified atom stereocenters. The maximum atomic E-state index is 12.3. The minimum absolute atomic E-state index is 0.0488. The number of hydrogen-bond donors (Lipinski definition) is 0. The summed E-state index contributed by atoms with van der Waals surface area (Å²) >= 11 is 0. The van der Waals surface area contributed by atoms with E-state index in [-0.39, 0.29) is 12.3 Å². The van der Waals surface area contributed by atoms with Crippen molar-refractivity contribution in [2.45, 2.75) is 45.4 Å². The van der Waals surface area contributed by atoms with E-state index >= 15 is 0 Å². The summed E-state index contributed by atoms with van der Waals surface area (Å²) in [5.74, 6) is 0. The van der Waals surface area contributed by atoms with Crippen molar-refractivity contribution in [1.82, 2.24) is 14.7 Å². The first-order valence-electron chi connectivity index (χ1n) is 7.37. The maximum Gasteiger partial charge on any atom is 0.411 e. The number of fused-ring (bicyclic) bond motifs is 1. The Morgan fingerprint density at radius 3 is 2.81 bits per heavy atom. The van der Waals surface area contributed by atoms with Crippen molar-refractivity contribution in [2.75, 3.05) is 6.54 Å². The van der Waals surface area contributed by atoms with Crippen LogP contribution in [0.4, 0.5) is 4.79 Å². The summed E-state index contributed by atoms with van der Waals surface area (Å²) in [5.41, 5.74) is 0.479. The van der Waals surface area contributed by atoms with Crippen LogP contribution in [0, 0.1) is 0 Å². The van der Waals surface area contributed by atoms with Gasteiger partial charge in [-0.2, -0.15) is 5.10 Å². The lowest BCUT2D eigenvalue weighted by molar-refractivity contribution is 0.0150. The maximum absolute atomic E-state index is 12.3. The third kappa shape index (κ3) is 2.86. The van der Waals surface area contributed by atoms with Crippen LogP contribution in [0.25, 0.3) is 10.9 Å². The summed E-state index contributed by atoms with van der Waals surface area (Å²) in [7, 11) is 0. The third-order valence-corrected chi connectivity index (χ3v) is 3.59. The zero-order valence-electron chi connectivity index (χ0n) is 12.7. The number of hydrogen-bond acceptors (Lipinski definition) is 3. The van der Waals surface area contributed by atoms with Gasteiger partial charge in [0.25, 0.3) is 0 Å². The van der Waals surface area contributed by atoms with Gasteiger partial charge in [-0.3, -0.25) is 4.90 Å². The van der Waals surface area contributed by atoms with E-state index in [4.69, 9.17) is 4.74 Å². The van der Waals surface area contributed by atoms with Crippen molar-refractivity contribution < 1.29 is 9.53 Å². The smallest absolute Gasteiger partial charge is 0.411 e. The van der Waals surface area contributed by atoms with Gasteiger partial charge in [0.2, 0.25) is 0 Å². The molecule has 1 atom stereocenters. The Morgan fingerprint density at radius 2 is 2.10 bits per heavy atom. The molecular formula is C16H21N3O2. The number of amides is 1. The van der Waals surface area contributed by atoms with E-state index < -0.39 is 5.60 Å². The molecule has 112 valence electrons. The molecule has 3 rings (SSSR count). The Labute approximate surface area is 124 Å². The summed E-state index contributed by atoms with van der Waals surface area (Å²) < 4.78 is 7.38. The summed E-state index contributed by atoms with van der Waals surface area (Å²) in [6.07, 6.45) is 3.58. The molecule has 0 aliphatic carbocycles. The van der Waals surface area contributed by atoms with Crippen LogP contribution in [-0.2, 0) is 4.74 Å². The molecule has 1 fully saturated rings. The second kappa shape index (κ2) is 5.06. The molecule has 1 aliphatic heterocycles. The molecule has 5 nitrogen and oxygen atoms in total. The first-order chi connectivity index (χ1) is 9.94. The molecule has 1 saturated heterocycles. The molecule has 0 radical (unpaired) electrons. The van der Waals surface area contributed by atoms with Gasteiger partial charge >= 0.3 is 6.09 Å². The van der Waals surface area contributed by atoms with E-state index in [1.54, 1.807) is 4.90 Å². The molecule has 1 aromatic heterocycles. The van der Waals surface area contributed by atoms with E-state index in [1.807, 2.05) is 55.9 Å². The predicted molar refractivity (Wildman–Crippen MR) is 80.9 cm³/mol. The fourth-order valence-electron chi connectivity index (χ4n) is 2.69. The van der Waals surface area contributed by atoms with Crippen LogP contribution in [0.15, 0.2) is 30.5 Å². The highest BCUT2D eigenvalue weighted by Crippen LogP contribution is 2.29. The largest absolute Gasteiger partial charge is 0.444 e. The highest BCUT2D eigenvalue weighted by molar-refractivity contribution is 5.77. The van der Waals surface area contributed by atoms with Crippen LogP contribution < -0.4 is 0 Å². The minimum atomic E-state index is -0.473. The van der Waals surface area contributed by atoms with Crippen molar-refractivity contribution in [2.24, 2.45) is 0 Å². The topological polar surface area (TPSA) is 47.4 Å². The number of ether oxygens (including phenoxy) is 1. The molecule has 0 spiro atoms. The van der Waals surface area contributed by atoms with E-state index in [9.17, 15) is 4.79 Å². The standard InChI is InChI=1S/C16H21N3O2/c1-16(2,3)21-15(20)18-10-6-9-14(18)19-11-12-7-4-5-8-13(12)17-19/h4-5,7-8,11,14H,6,9-10H2,1-3H3. The van der Waals surface area contributed by atoms with E-state index in [2.05, 4.69) is 5.10 Å². The number of carbonyl (C=O) groups is 1. The number of aromatic nitrogens is 2. The number of likely N-dealkylation sites (tertiary alicyclic amines) is 1. The molecule has 5 heteroatoms. The van der Waals surface area contributed by atoms with Gasteiger partial charge in [0.15, 0.2) is 0 Å². The molecule has 0 bridgehead atoms. The first-order valence-corrected chi connectivity index (χ1v) is 7.37. The zero-order valence-corrected chi connectivity index (χ0v) is 12.7. The molecule has 1 aromatic carbocycles.